The van der Waals surface area contributed by atoms with Crippen LogP contribution in [0.4, 0.5) is 0 Å². The monoisotopic (exact) mass is 362 g/mol. The van der Waals surface area contributed by atoms with E-state index in [0.717, 1.165) is 43.5 Å². The molecule has 1 aromatic rings. The second kappa shape index (κ2) is 5.34. The van der Waals surface area contributed by atoms with Crippen LogP contribution >= 0.6 is 15.9 Å². The topological polar surface area (TPSA) is 32.3 Å². The van der Waals surface area contributed by atoms with Crippen molar-refractivity contribution in [2.45, 2.75) is 37.5 Å². The van der Waals surface area contributed by atoms with Crippen LogP contribution in [0.15, 0.2) is 28.7 Å². The van der Waals surface area contributed by atoms with Crippen LogP contribution in [-0.4, -0.2) is 37.0 Å². The first-order chi connectivity index (χ1) is 10.6. The molecule has 3 aliphatic rings. The molecule has 3 nitrogen and oxygen atoms in total. The van der Waals surface area contributed by atoms with Gasteiger partial charge in [0, 0.05) is 24.1 Å². The van der Waals surface area contributed by atoms with E-state index in [2.05, 4.69) is 38.3 Å². The van der Waals surface area contributed by atoms with Gasteiger partial charge >= 0.3 is 0 Å². The van der Waals surface area contributed by atoms with E-state index < -0.39 is 0 Å². The molecule has 0 aromatic heterocycles. The maximum atomic E-state index is 13.1. The Bertz CT molecular complexity index is 581. The largest absolute Gasteiger partial charge is 0.342 e. The first kappa shape index (κ1) is 14.7. The van der Waals surface area contributed by atoms with Gasteiger partial charge in [-0.15, -0.1) is 0 Å². The smallest absolute Gasteiger partial charge is 0.233 e. The van der Waals surface area contributed by atoms with E-state index in [1.807, 2.05) is 12.1 Å². The minimum absolute atomic E-state index is 0.220. The van der Waals surface area contributed by atoms with Gasteiger partial charge in [-0.2, -0.15) is 0 Å². The maximum Gasteiger partial charge on any atom is 0.233 e. The van der Waals surface area contributed by atoms with Crippen molar-refractivity contribution in [1.82, 2.24) is 10.2 Å². The van der Waals surface area contributed by atoms with Gasteiger partial charge in [-0.05, 0) is 61.8 Å². The third-order valence-corrected chi connectivity index (χ3v) is 6.47. The highest BCUT2D eigenvalue weighted by Crippen LogP contribution is 2.51. The van der Waals surface area contributed by atoms with Gasteiger partial charge < -0.3 is 10.2 Å². The lowest BCUT2D eigenvalue weighted by Crippen LogP contribution is -2.47. The van der Waals surface area contributed by atoms with Crippen LogP contribution in [0.1, 0.15) is 37.7 Å². The Balaban J connectivity index is 1.48. The average Bonchev–Trinajstić information content (AvgIpc) is 3.24. The number of hydrogen-bond acceptors (Lipinski definition) is 2. The normalized spacial score (nSPS) is 25.4. The standard InChI is InChI=1S/C18H23BrN2O/c19-15-3-1-2-14(12-15)18(4-5-18)16(22)21-10-7-17(8-11-21)6-9-20-13-17/h1-3,12,20H,4-11,13H2. The van der Waals surface area contributed by atoms with Gasteiger partial charge in [-0.25, -0.2) is 0 Å². The lowest BCUT2D eigenvalue weighted by molar-refractivity contribution is -0.136. The van der Waals surface area contributed by atoms with E-state index in [1.165, 1.54) is 24.8 Å². The van der Waals surface area contributed by atoms with Gasteiger partial charge in [-0.1, -0.05) is 28.1 Å². The fourth-order valence-corrected chi connectivity index (χ4v) is 4.65. The summed E-state index contributed by atoms with van der Waals surface area (Å²) >= 11 is 3.54. The SMILES string of the molecule is O=C(N1CCC2(CCNC2)CC1)C1(c2cccc(Br)c2)CC1. The molecular weight excluding hydrogens is 340 g/mol. The zero-order chi connectivity index (χ0) is 15.2. The summed E-state index contributed by atoms with van der Waals surface area (Å²) in [6, 6.07) is 8.31. The summed E-state index contributed by atoms with van der Waals surface area (Å²) in [5.41, 5.74) is 1.44. The molecule has 1 aromatic carbocycles. The molecule has 0 radical (unpaired) electrons. The number of hydrogen-bond donors (Lipinski definition) is 1. The molecule has 1 saturated carbocycles. The van der Waals surface area contributed by atoms with Gasteiger partial charge in [0.15, 0.2) is 0 Å². The van der Waals surface area contributed by atoms with E-state index in [-0.39, 0.29) is 5.41 Å². The van der Waals surface area contributed by atoms with Crippen molar-refractivity contribution in [3.05, 3.63) is 34.3 Å². The molecule has 118 valence electrons. The molecule has 2 aliphatic heterocycles. The molecule has 4 heteroatoms. The van der Waals surface area contributed by atoms with Crippen LogP contribution in [0.2, 0.25) is 0 Å². The number of likely N-dealkylation sites (tertiary alicyclic amines) is 1. The maximum absolute atomic E-state index is 13.1. The van der Waals surface area contributed by atoms with E-state index >= 15 is 0 Å². The molecule has 0 unspecified atom stereocenters. The molecule has 4 rings (SSSR count). The van der Waals surface area contributed by atoms with Crippen LogP contribution in [-0.2, 0) is 10.2 Å². The number of halogens is 1. The van der Waals surface area contributed by atoms with Gasteiger partial charge in [0.25, 0.3) is 0 Å². The Hall–Kier alpha value is -0.870. The molecule has 1 N–H and O–H groups in total. The Morgan fingerprint density at radius 3 is 2.50 bits per heavy atom. The fourth-order valence-electron chi connectivity index (χ4n) is 4.25. The number of carbonyl (C=O) groups is 1. The number of carbonyl (C=O) groups excluding carboxylic acids is 1. The molecule has 1 amide bonds. The average molecular weight is 363 g/mol. The fraction of sp³-hybridized carbons (Fsp3) is 0.611. The zero-order valence-corrected chi connectivity index (χ0v) is 14.5. The minimum Gasteiger partial charge on any atom is -0.342 e. The number of amides is 1. The number of nitrogens with one attached hydrogen (secondary N) is 1. The highest BCUT2D eigenvalue weighted by molar-refractivity contribution is 9.10. The molecule has 0 bridgehead atoms. The second-order valence-corrected chi connectivity index (χ2v) is 8.23. The second-order valence-electron chi connectivity index (χ2n) is 7.31. The van der Waals surface area contributed by atoms with E-state index in [1.54, 1.807) is 0 Å². The van der Waals surface area contributed by atoms with Crippen molar-refractivity contribution >= 4 is 21.8 Å². The van der Waals surface area contributed by atoms with Crippen molar-refractivity contribution in [3.63, 3.8) is 0 Å². The third kappa shape index (κ3) is 2.41. The Morgan fingerprint density at radius 2 is 1.91 bits per heavy atom. The number of rotatable bonds is 2. The minimum atomic E-state index is -0.220. The van der Waals surface area contributed by atoms with E-state index in [9.17, 15) is 4.79 Å². The van der Waals surface area contributed by atoms with E-state index in [4.69, 9.17) is 0 Å². The summed E-state index contributed by atoms with van der Waals surface area (Å²) in [4.78, 5) is 15.2. The highest BCUT2D eigenvalue weighted by atomic mass is 79.9. The van der Waals surface area contributed by atoms with E-state index in [0.29, 0.717) is 11.3 Å². The Kier molecular flexibility index (Phi) is 3.57. The van der Waals surface area contributed by atoms with Crippen LogP contribution in [0.5, 0.6) is 0 Å². The number of nitrogens with zero attached hydrogens (tertiary/aromatic N) is 1. The van der Waals surface area contributed by atoms with Crippen LogP contribution in [0.25, 0.3) is 0 Å². The molecule has 3 fully saturated rings. The van der Waals surface area contributed by atoms with Gasteiger partial charge in [0.05, 0.1) is 5.41 Å². The quantitative estimate of drug-likeness (QED) is 0.876. The van der Waals surface area contributed by atoms with Crippen molar-refractivity contribution in [3.8, 4) is 0 Å². The molecule has 2 heterocycles. The van der Waals surface area contributed by atoms with Crippen molar-refractivity contribution in [1.29, 1.82) is 0 Å². The Labute approximate surface area is 140 Å². The summed E-state index contributed by atoms with van der Waals surface area (Å²) in [7, 11) is 0. The zero-order valence-electron chi connectivity index (χ0n) is 12.9. The van der Waals surface area contributed by atoms with Crippen LogP contribution in [0.3, 0.4) is 0 Å². The molecule has 1 aliphatic carbocycles. The summed E-state index contributed by atoms with van der Waals surface area (Å²) in [6.45, 7) is 4.17. The lowest BCUT2D eigenvalue weighted by Gasteiger charge is -2.40. The van der Waals surface area contributed by atoms with Crippen molar-refractivity contribution in [2.24, 2.45) is 5.41 Å². The first-order valence-electron chi connectivity index (χ1n) is 8.40. The van der Waals surface area contributed by atoms with Gasteiger partial charge in [0.2, 0.25) is 5.91 Å². The molecule has 1 spiro atoms. The summed E-state index contributed by atoms with van der Waals surface area (Å²) in [5, 5.41) is 3.49. The Morgan fingerprint density at radius 1 is 1.14 bits per heavy atom. The van der Waals surface area contributed by atoms with Gasteiger partial charge in [-0.3, -0.25) is 4.79 Å². The predicted octanol–water partition coefficient (Wildman–Crippen LogP) is 3.08. The van der Waals surface area contributed by atoms with Crippen LogP contribution in [0, 0.1) is 5.41 Å². The number of benzene rings is 1. The highest BCUT2D eigenvalue weighted by Gasteiger charge is 2.54. The van der Waals surface area contributed by atoms with Crippen molar-refractivity contribution < 1.29 is 4.79 Å². The lowest BCUT2D eigenvalue weighted by atomic mass is 9.77. The molecule has 2 saturated heterocycles. The third-order valence-electron chi connectivity index (χ3n) is 5.98. The summed E-state index contributed by atoms with van der Waals surface area (Å²) < 4.78 is 1.07. The molecule has 22 heavy (non-hydrogen) atoms. The van der Waals surface area contributed by atoms with Gasteiger partial charge in [0.1, 0.15) is 0 Å². The summed E-state index contributed by atoms with van der Waals surface area (Å²) in [6.07, 6.45) is 5.63. The summed E-state index contributed by atoms with van der Waals surface area (Å²) in [5.74, 6) is 0.367. The first-order valence-corrected chi connectivity index (χ1v) is 9.19. The molecule has 0 atom stereocenters. The number of piperidine rings is 1. The van der Waals surface area contributed by atoms with Crippen molar-refractivity contribution in [2.75, 3.05) is 26.2 Å². The van der Waals surface area contributed by atoms with Crippen LogP contribution < -0.4 is 5.32 Å². The predicted molar refractivity (Wildman–Crippen MR) is 90.8 cm³/mol. The molecular formula is C18H23BrN2O.